The summed E-state index contributed by atoms with van der Waals surface area (Å²) in [6.45, 7) is 10.8. The van der Waals surface area contributed by atoms with Gasteiger partial charge in [-0.2, -0.15) is 0 Å². The second-order valence-electron chi connectivity index (χ2n) is 13.4. The number of piperidine rings is 2. The largest absolute Gasteiger partial charge is 0.444 e. The van der Waals surface area contributed by atoms with Crippen molar-refractivity contribution in [1.29, 1.82) is 0 Å². The second-order valence-corrected chi connectivity index (χ2v) is 13.8. The summed E-state index contributed by atoms with van der Waals surface area (Å²) in [4.78, 5) is 57.5. The number of imide groups is 1. The smallest absolute Gasteiger partial charge is 0.410 e. The van der Waals surface area contributed by atoms with Gasteiger partial charge in [0.15, 0.2) is 0 Å². The van der Waals surface area contributed by atoms with Crippen LogP contribution in [0.1, 0.15) is 75.2 Å². The van der Waals surface area contributed by atoms with Crippen molar-refractivity contribution >= 4 is 41.1 Å². The van der Waals surface area contributed by atoms with Crippen molar-refractivity contribution in [2.45, 2.75) is 95.7 Å². The van der Waals surface area contributed by atoms with Crippen molar-refractivity contribution in [2.24, 2.45) is 0 Å². The number of benzene rings is 1. The molecular formula is C31H42ClN5O6. The Balaban J connectivity index is 0.955. The van der Waals surface area contributed by atoms with Crippen LogP contribution < -0.4 is 10.2 Å². The molecule has 1 aliphatic carbocycles. The number of amides is 4. The fourth-order valence-electron chi connectivity index (χ4n) is 6.88. The molecule has 4 fully saturated rings. The van der Waals surface area contributed by atoms with Crippen LogP contribution in [0.25, 0.3) is 0 Å². The molecule has 3 saturated heterocycles. The van der Waals surface area contributed by atoms with Crippen molar-refractivity contribution in [3.05, 3.63) is 28.3 Å². The molecule has 0 spiro atoms. The number of nitrogens with one attached hydrogen (secondary N) is 1. The van der Waals surface area contributed by atoms with Crippen LogP contribution in [0.5, 0.6) is 0 Å². The first kappa shape index (κ1) is 30.1. The Labute approximate surface area is 257 Å². The van der Waals surface area contributed by atoms with Crippen LogP contribution in [-0.2, 0) is 25.6 Å². The summed E-state index contributed by atoms with van der Waals surface area (Å²) in [6, 6.07) is 3.61. The minimum absolute atomic E-state index is 0.196. The molecule has 234 valence electrons. The number of piperazine rings is 1. The Morgan fingerprint density at radius 3 is 2.30 bits per heavy atom. The molecular weight excluding hydrogens is 574 g/mol. The van der Waals surface area contributed by atoms with Gasteiger partial charge in [-0.15, -0.1) is 0 Å². The predicted octanol–water partition coefficient (Wildman–Crippen LogP) is 3.17. The number of carbonyl (C=O) groups excluding carboxylic acids is 4. The molecule has 43 heavy (non-hydrogen) atoms. The lowest BCUT2D eigenvalue weighted by Crippen LogP contribution is -2.56. The highest BCUT2D eigenvalue weighted by atomic mass is 35.5. The van der Waals surface area contributed by atoms with E-state index in [-0.39, 0.29) is 43.1 Å². The van der Waals surface area contributed by atoms with Crippen LogP contribution in [0, 0.1) is 0 Å². The molecule has 6 rings (SSSR count). The number of anilines is 1. The average molecular weight is 616 g/mol. The maximum absolute atomic E-state index is 13.1. The third-order valence-corrected chi connectivity index (χ3v) is 9.77. The molecule has 0 aromatic heterocycles. The quantitative estimate of drug-likeness (QED) is 0.503. The van der Waals surface area contributed by atoms with E-state index in [1.165, 1.54) is 0 Å². The fraction of sp³-hybridized carbons (Fsp3) is 0.677. The molecule has 4 aliphatic heterocycles. The minimum atomic E-state index is -0.652. The van der Waals surface area contributed by atoms with Crippen LogP contribution in [0.4, 0.5) is 10.5 Å². The van der Waals surface area contributed by atoms with Crippen molar-refractivity contribution in [2.75, 3.05) is 44.2 Å². The number of halogens is 1. The lowest BCUT2D eigenvalue weighted by atomic mass is 9.87. The van der Waals surface area contributed by atoms with Gasteiger partial charge in [0.1, 0.15) is 11.6 Å². The summed E-state index contributed by atoms with van der Waals surface area (Å²) in [5, 5.41) is 2.92. The molecule has 1 atom stereocenters. The summed E-state index contributed by atoms with van der Waals surface area (Å²) in [5.41, 5.74) is 1.73. The normalized spacial score (nSPS) is 27.2. The SMILES string of the molecule is CC(C)(C)OC(=O)N1CCC(OC2CC(N3CCN(c4ccc5c(c4Cl)CN([C@@H]4CCC(=O)NC4=O)C5=O)CC3)C2)CC1. The van der Waals surface area contributed by atoms with Gasteiger partial charge in [0.2, 0.25) is 11.8 Å². The second kappa shape index (κ2) is 11.9. The zero-order valence-corrected chi connectivity index (χ0v) is 26.0. The van der Waals surface area contributed by atoms with Gasteiger partial charge in [-0.05, 0) is 65.0 Å². The van der Waals surface area contributed by atoms with E-state index in [4.69, 9.17) is 21.1 Å². The molecule has 1 aromatic carbocycles. The van der Waals surface area contributed by atoms with Crippen molar-refractivity contribution in [3.8, 4) is 0 Å². The van der Waals surface area contributed by atoms with Gasteiger partial charge in [-0.25, -0.2) is 4.79 Å². The van der Waals surface area contributed by atoms with Gasteiger partial charge in [0.05, 0.1) is 22.9 Å². The topological polar surface area (TPSA) is 112 Å². The number of hydrogen-bond donors (Lipinski definition) is 1. The predicted molar refractivity (Wildman–Crippen MR) is 160 cm³/mol. The molecule has 1 saturated carbocycles. The maximum Gasteiger partial charge on any atom is 0.410 e. The molecule has 0 radical (unpaired) electrons. The van der Waals surface area contributed by atoms with Gasteiger partial charge in [-0.1, -0.05) is 11.6 Å². The van der Waals surface area contributed by atoms with E-state index < -0.39 is 17.6 Å². The van der Waals surface area contributed by atoms with Crippen LogP contribution >= 0.6 is 11.6 Å². The molecule has 1 N–H and O–H groups in total. The fourth-order valence-corrected chi connectivity index (χ4v) is 7.23. The molecule has 11 nitrogen and oxygen atoms in total. The number of hydrogen-bond acceptors (Lipinski definition) is 8. The highest BCUT2D eigenvalue weighted by molar-refractivity contribution is 6.35. The number of rotatable bonds is 5. The molecule has 12 heteroatoms. The number of nitrogens with zero attached hydrogens (tertiary/aromatic N) is 4. The van der Waals surface area contributed by atoms with E-state index in [1.807, 2.05) is 32.9 Å². The molecule has 1 aromatic rings. The van der Waals surface area contributed by atoms with Crippen molar-refractivity contribution in [1.82, 2.24) is 20.0 Å². The van der Waals surface area contributed by atoms with E-state index in [1.54, 1.807) is 9.80 Å². The van der Waals surface area contributed by atoms with Crippen LogP contribution in [0.15, 0.2) is 12.1 Å². The molecule has 0 unspecified atom stereocenters. The Morgan fingerprint density at radius 2 is 1.65 bits per heavy atom. The van der Waals surface area contributed by atoms with Crippen molar-refractivity contribution in [3.63, 3.8) is 0 Å². The van der Waals surface area contributed by atoms with E-state index in [9.17, 15) is 19.2 Å². The first-order valence-electron chi connectivity index (χ1n) is 15.6. The molecule has 4 heterocycles. The van der Waals surface area contributed by atoms with Gasteiger partial charge >= 0.3 is 6.09 Å². The average Bonchev–Trinajstić information content (AvgIpc) is 3.27. The van der Waals surface area contributed by atoms with E-state index in [2.05, 4.69) is 15.1 Å². The van der Waals surface area contributed by atoms with Crippen LogP contribution in [0.2, 0.25) is 5.02 Å². The summed E-state index contributed by atoms with van der Waals surface area (Å²) in [7, 11) is 0. The number of fused-ring (bicyclic) bond motifs is 1. The third kappa shape index (κ3) is 6.35. The zero-order valence-electron chi connectivity index (χ0n) is 25.3. The standard InChI is InChI=1S/C31H42ClN5O6/c1-31(2,3)43-30(41)36-10-8-20(9-11-36)42-21-16-19(17-21)34-12-14-35(15-13-34)24-5-4-22-23(27(24)32)18-37(29(22)40)25-6-7-26(38)33-28(25)39/h4-5,19-21,25H,6-18H2,1-3H3,(H,33,38,39)/t19?,21?,25-/m1/s1. The Hall–Kier alpha value is -2.89. The molecule has 4 amide bonds. The van der Waals surface area contributed by atoms with Crippen LogP contribution in [0.3, 0.4) is 0 Å². The highest BCUT2D eigenvalue weighted by Gasteiger charge is 2.41. The van der Waals surface area contributed by atoms with E-state index in [0.29, 0.717) is 36.1 Å². The number of likely N-dealkylation sites (tertiary alicyclic amines) is 1. The summed E-state index contributed by atoms with van der Waals surface area (Å²) in [5.74, 6) is -0.928. The Kier molecular flexibility index (Phi) is 8.34. The Morgan fingerprint density at radius 1 is 0.953 bits per heavy atom. The van der Waals surface area contributed by atoms with Crippen molar-refractivity contribution < 1.29 is 28.7 Å². The van der Waals surface area contributed by atoms with Crippen LogP contribution in [-0.4, -0.2) is 108 Å². The summed E-state index contributed by atoms with van der Waals surface area (Å²) in [6.07, 6.45) is 4.54. The lowest BCUT2D eigenvalue weighted by Gasteiger charge is -2.47. The Bertz CT molecular complexity index is 1280. The maximum atomic E-state index is 13.1. The van der Waals surface area contributed by atoms with E-state index in [0.717, 1.165) is 63.1 Å². The van der Waals surface area contributed by atoms with Gasteiger partial charge in [0.25, 0.3) is 5.91 Å². The minimum Gasteiger partial charge on any atom is -0.444 e. The molecule has 0 bridgehead atoms. The monoisotopic (exact) mass is 615 g/mol. The summed E-state index contributed by atoms with van der Waals surface area (Å²) >= 11 is 6.89. The van der Waals surface area contributed by atoms with Gasteiger partial charge < -0.3 is 24.2 Å². The third-order valence-electron chi connectivity index (χ3n) is 9.35. The number of carbonyl (C=O) groups is 4. The lowest BCUT2D eigenvalue weighted by molar-refractivity contribution is -0.136. The zero-order chi connectivity index (χ0) is 30.5. The van der Waals surface area contributed by atoms with Gasteiger partial charge in [-0.3, -0.25) is 24.6 Å². The highest BCUT2D eigenvalue weighted by Crippen LogP contribution is 2.39. The first-order valence-corrected chi connectivity index (χ1v) is 15.9. The molecule has 5 aliphatic rings. The summed E-state index contributed by atoms with van der Waals surface area (Å²) < 4.78 is 11.9. The number of ether oxygens (including phenoxy) is 2. The van der Waals surface area contributed by atoms with Gasteiger partial charge in [0, 0.05) is 69.4 Å². The van der Waals surface area contributed by atoms with E-state index >= 15 is 0 Å². The first-order chi connectivity index (χ1) is 20.5.